The molecule has 2 aromatic carbocycles. The van der Waals surface area contributed by atoms with Gasteiger partial charge in [-0.15, -0.1) is 0 Å². The summed E-state index contributed by atoms with van der Waals surface area (Å²) in [5.74, 6) is 1.60. The van der Waals surface area contributed by atoms with Gasteiger partial charge >= 0.3 is 0 Å². The summed E-state index contributed by atoms with van der Waals surface area (Å²) in [4.78, 5) is 15.1. The van der Waals surface area contributed by atoms with Crippen molar-refractivity contribution in [2.24, 2.45) is 0 Å². The van der Waals surface area contributed by atoms with Gasteiger partial charge < -0.3 is 19.7 Å². The van der Waals surface area contributed by atoms with E-state index in [1.54, 1.807) is 0 Å². The van der Waals surface area contributed by atoms with E-state index >= 15 is 0 Å². The van der Waals surface area contributed by atoms with Crippen molar-refractivity contribution in [2.75, 3.05) is 26.7 Å². The zero-order valence-corrected chi connectivity index (χ0v) is 17.7. The average Bonchev–Trinajstić information content (AvgIpc) is 3.22. The number of likely N-dealkylation sites (tertiary alicyclic amines) is 1. The topological polar surface area (TPSA) is 50.8 Å². The largest absolute Gasteiger partial charge is 0.487 e. The van der Waals surface area contributed by atoms with Crippen molar-refractivity contribution in [1.29, 1.82) is 0 Å². The Morgan fingerprint density at radius 2 is 1.97 bits per heavy atom. The van der Waals surface area contributed by atoms with E-state index in [4.69, 9.17) is 9.47 Å². The van der Waals surface area contributed by atoms with Gasteiger partial charge in [0.1, 0.15) is 17.1 Å². The molecule has 30 heavy (non-hydrogen) atoms. The van der Waals surface area contributed by atoms with Gasteiger partial charge in [0, 0.05) is 25.1 Å². The van der Waals surface area contributed by atoms with Crippen LogP contribution in [0, 0.1) is 0 Å². The summed E-state index contributed by atoms with van der Waals surface area (Å²) < 4.78 is 12.3. The van der Waals surface area contributed by atoms with E-state index in [0.29, 0.717) is 0 Å². The van der Waals surface area contributed by atoms with Crippen LogP contribution in [0.3, 0.4) is 0 Å². The van der Waals surface area contributed by atoms with Gasteiger partial charge in [-0.1, -0.05) is 24.3 Å². The maximum atomic E-state index is 12.8. The number of hydrogen-bond donors (Lipinski definition) is 1. The summed E-state index contributed by atoms with van der Waals surface area (Å²) >= 11 is 0. The molecule has 1 saturated heterocycles. The van der Waals surface area contributed by atoms with Gasteiger partial charge in [-0.2, -0.15) is 0 Å². The van der Waals surface area contributed by atoms with Crippen LogP contribution < -0.4 is 14.8 Å². The van der Waals surface area contributed by atoms with Crippen LogP contribution in [0.25, 0.3) is 0 Å². The molecule has 0 unspecified atom stereocenters. The molecule has 2 aliphatic heterocycles. The highest BCUT2D eigenvalue weighted by Gasteiger charge is 2.43. The first kappa shape index (κ1) is 19.4. The minimum Gasteiger partial charge on any atom is -0.487 e. The van der Waals surface area contributed by atoms with Gasteiger partial charge in [-0.3, -0.25) is 4.79 Å². The number of hydrogen-bond acceptors (Lipinski definition) is 4. The van der Waals surface area contributed by atoms with E-state index in [1.165, 1.54) is 17.5 Å². The first-order chi connectivity index (χ1) is 14.6. The smallest absolute Gasteiger partial charge is 0.258 e. The molecule has 0 aromatic heterocycles. The molecule has 1 aliphatic carbocycles. The third-order valence-electron chi connectivity index (χ3n) is 6.87. The van der Waals surface area contributed by atoms with Crippen molar-refractivity contribution in [3.63, 3.8) is 0 Å². The van der Waals surface area contributed by atoms with Crippen LogP contribution in [0.15, 0.2) is 42.5 Å². The maximum Gasteiger partial charge on any atom is 0.258 e. The molecule has 2 aromatic rings. The Hall–Kier alpha value is -2.53. The number of rotatable bonds is 4. The summed E-state index contributed by atoms with van der Waals surface area (Å²) in [5, 5.41) is 3.22. The Labute approximate surface area is 178 Å². The van der Waals surface area contributed by atoms with Crippen LogP contribution in [0.5, 0.6) is 11.5 Å². The maximum absolute atomic E-state index is 12.8. The first-order valence-electron chi connectivity index (χ1n) is 11.1. The number of para-hydroxylation sites is 1. The molecule has 1 atom stereocenters. The Kier molecular flexibility index (Phi) is 5.15. The van der Waals surface area contributed by atoms with Crippen LogP contribution >= 0.6 is 0 Å². The van der Waals surface area contributed by atoms with Crippen LogP contribution in [0.1, 0.15) is 48.4 Å². The minimum atomic E-state index is -0.195. The lowest BCUT2D eigenvalue weighted by molar-refractivity contribution is -0.124. The lowest BCUT2D eigenvalue weighted by Crippen LogP contribution is -2.51. The number of nitrogens with one attached hydrogen (secondary N) is 1. The number of aryl methyl sites for hydroxylation is 2. The lowest BCUT2D eigenvalue weighted by atomic mass is 9.80. The molecule has 0 saturated carbocycles. The highest BCUT2D eigenvalue weighted by Crippen LogP contribution is 2.44. The highest BCUT2D eigenvalue weighted by atomic mass is 16.5. The van der Waals surface area contributed by atoms with Gasteiger partial charge in [-0.25, -0.2) is 0 Å². The predicted octanol–water partition coefficient (Wildman–Crippen LogP) is 3.66. The van der Waals surface area contributed by atoms with Crippen LogP contribution in [-0.2, 0) is 17.6 Å². The molecule has 1 amide bonds. The zero-order valence-electron chi connectivity index (χ0n) is 17.7. The molecule has 1 fully saturated rings. The minimum absolute atomic E-state index is 0.0358. The number of amides is 1. The van der Waals surface area contributed by atoms with Crippen molar-refractivity contribution >= 4 is 5.91 Å². The summed E-state index contributed by atoms with van der Waals surface area (Å²) in [6.45, 7) is 2.07. The van der Waals surface area contributed by atoms with E-state index in [0.717, 1.165) is 62.3 Å². The molecular weight excluding hydrogens is 376 g/mol. The summed E-state index contributed by atoms with van der Waals surface area (Å²) in [7, 11) is 2.15. The molecule has 0 radical (unpaired) electrons. The predicted molar refractivity (Wildman–Crippen MR) is 116 cm³/mol. The molecule has 5 rings (SSSR count). The third kappa shape index (κ3) is 3.91. The van der Waals surface area contributed by atoms with Crippen molar-refractivity contribution in [1.82, 2.24) is 10.2 Å². The number of carbonyl (C=O) groups excluding carboxylic acids is 1. The van der Waals surface area contributed by atoms with Crippen LogP contribution in [0.4, 0.5) is 0 Å². The fourth-order valence-corrected chi connectivity index (χ4v) is 5.10. The molecule has 158 valence electrons. The Morgan fingerprint density at radius 1 is 1.17 bits per heavy atom. The second-order valence-corrected chi connectivity index (χ2v) is 9.02. The molecule has 5 heteroatoms. The summed E-state index contributed by atoms with van der Waals surface area (Å²) in [6.07, 6.45) is 6.24. The standard InChI is InChI=1S/C25H30N2O3/c1-27-13-11-25(12-14-27)16-22(21-7-2-3-8-23(21)30-25)26-24(28)17-29-20-10-9-18-5-4-6-19(18)15-20/h2-3,7-10,15,22H,4-6,11-14,16-17H2,1H3,(H,26,28)/t22-/m0/s1. The Morgan fingerprint density at radius 3 is 2.83 bits per heavy atom. The number of benzene rings is 2. The van der Waals surface area contributed by atoms with E-state index in [9.17, 15) is 4.79 Å². The number of carbonyl (C=O) groups is 1. The van der Waals surface area contributed by atoms with Crippen LogP contribution in [0.2, 0.25) is 0 Å². The fourth-order valence-electron chi connectivity index (χ4n) is 5.10. The first-order valence-corrected chi connectivity index (χ1v) is 11.1. The number of ether oxygens (including phenoxy) is 2. The molecule has 2 heterocycles. The monoisotopic (exact) mass is 406 g/mol. The second kappa shape index (κ2) is 7.95. The molecule has 1 N–H and O–H groups in total. The van der Waals surface area contributed by atoms with Gasteiger partial charge in [0.05, 0.1) is 6.04 Å². The van der Waals surface area contributed by atoms with Crippen molar-refractivity contribution in [3.05, 3.63) is 59.2 Å². The zero-order chi connectivity index (χ0) is 20.6. The van der Waals surface area contributed by atoms with E-state index in [2.05, 4.69) is 35.5 Å². The van der Waals surface area contributed by atoms with E-state index in [1.807, 2.05) is 24.3 Å². The third-order valence-corrected chi connectivity index (χ3v) is 6.87. The number of fused-ring (bicyclic) bond motifs is 2. The lowest BCUT2D eigenvalue weighted by Gasteiger charge is -2.46. The molecular formula is C25H30N2O3. The van der Waals surface area contributed by atoms with E-state index < -0.39 is 0 Å². The second-order valence-electron chi connectivity index (χ2n) is 9.02. The molecule has 5 nitrogen and oxygen atoms in total. The van der Waals surface area contributed by atoms with Crippen molar-refractivity contribution in [2.45, 2.75) is 50.2 Å². The molecule has 3 aliphatic rings. The summed E-state index contributed by atoms with van der Waals surface area (Å²) in [6, 6.07) is 14.3. The van der Waals surface area contributed by atoms with Gasteiger partial charge in [0.2, 0.25) is 0 Å². The number of piperidine rings is 1. The quantitative estimate of drug-likeness (QED) is 0.842. The van der Waals surface area contributed by atoms with Gasteiger partial charge in [-0.05, 0) is 68.5 Å². The fraction of sp³-hybridized carbons (Fsp3) is 0.480. The van der Waals surface area contributed by atoms with E-state index in [-0.39, 0.29) is 24.2 Å². The van der Waals surface area contributed by atoms with Crippen LogP contribution in [-0.4, -0.2) is 43.2 Å². The summed E-state index contributed by atoms with van der Waals surface area (Å²) in [5.41, 5.74) is 3.64. The molecule has 0 bridgehead atoms. The van der Waals surface area contributed by atoms with Crippen molar-refractivity contribution < 1.29 is 14.3 Å². The normalized spacial score (nSPS) is 22.1. The SMILES string of the molecule is CN1CCC2(CC1)C[C@H](NC(=O)COc1ccc3c(c1)CCC3)c1ccccc1O2. The Bertz CT molecular complexity index is 934. The number of nitrogens with zero attached hydrogens (tertiary/aromatic N) is 1. The Balaban J connectivity index is 1.26. The van der Waals surface area contributed by atoms with Gasteiger partial charge in [0.15, 0.2) is 6.61 Å². The molecule has 1 spiro atoms. The highest BCUT2D eigenvalue weighted by molar-refractivity contribution is 5.78. The van der Waals surface area contributed by atoms with Gasteiger partial charge in [0.25, 0.3) is 5.91 Å². The average molecular weight is 407 g/mol. The van der Waals surface area contributed by atoms with Crippen molar-refractivity contribution in [3.8, 4) is 11.5 Å².